The van der Waals surface area contributed by atoms with E-state index in [-0.39, 0.29) is 0 Å². The summed E-state index contributed by atoms with van der Waals surface area (Å²) in [5.74, 6) is 0. The molecule has 0 amide bonds. The molecule has 4 N–H and O–H groups in total. The van der Waals surface area contributed by atoms with E-state index in [2.05, 4.69) is 35.1 Å². The quantitative estimate of drug-likeness (QED) is 0.438. The van der Waals surface area contributed by atoms with E-state index in [0.717, 1.165) is 0 Å². The maximum atomic E-state index is 3.00. The van der Waals surface area contributed by atoms with Gasteiger partial charge in [-0.15, -0.1) is 0 Å². The lowest BCUT2D eigenvalue weighted by molar-refractivity contribution is 0.537. The zero-order valence-electron chi connectivity index (χ0n) is 9.15. The van der Waals surface area contributed by atoms with Gasteiger partial charge in [0.15, 0.2) is 0 Å². The maximum Gasteiger partial charge on any atom is 0.0537 e. The zero-order valence-corrected chi connectivity index (χ0v) is 9.15. The van der Waals surface area contributed by atoms with Crippen molar-refractivity contribution in [3.05, 3.63) is 0 Å². The Bertz CT molecular complexity index is 59.5. The van der Waals surface area contributed by atoms with E-state index >= 15 is 0 Å². The normalized spacial score (nSPS) is 10.0. The summed E-state index contributed by atoms with van der Waals surface area (Å²) in [4.78, 5) is 0. The second kappa shape index (κ2) is 10.8. The molecule has 4 nitrogen and oxygen atoms in total. The van der Waals surface area contributed by atoms with E-state index < -0.39 is 0 Å². The average Bonchev–Trinajstić information content (AvgIpc) is 2.16. The first-order valence-electron chi connectivity index (χ1n) is 4.31. The molecule has 0 aromatic heterocycles. The molecule has 76 valence electrons. The molecule has 0 radical (unpaired) electrons. The van der Waals surface area contributed by atoms with Crippen molar-refractivity contribution in [3.8, 4) is 0 Å². The predicted molar refractivity (Wildman–Crippen MR) is 55.2 cm³/mol. The van der Waals surface area contributed by atoms with E-state index in [1.165, 1.54) is 0 Å². The van der Waals surface area contributed by atoms with Crippen molar-refractivity contribution in [2.24, 2.45) is 0 Å². The summed E-state index contributed by atoms with van der Waals surface area (Å²) in [5.41, 5.74) is 0. The molecular weight excluding hydrogens is 152 g/mol. The molecule has 0 saturated carbocycles. The number of hydrogen-bond donors (Lipinski definition) is 4. The monoisotopic (exact) mass is 176 g/mol. The van der Waals surface area contributed by atoms with Crippen LogP contribution in [-0.4, -0.2) is 40.5 Å². The first kappa shape index (κ1) is 14.4. The fourth-order valence-corrected chi connectivity index (χ4v) is 0.289. The van der Waals surface area contributed by atoms with Crippen LogP contribution in [0.5, 0.6) is 0 Å². The summed E-state index contributed by atoms with van der Waals surface area (Å²) in [6.07, 6.45) is 0.870. The van der Waals surface area contributed by atoms with Crippen LogP contribution in [0.3, 0.4) is 0 Å². The van der Waals surface area contributed by atoms with Gasteiger partial charge in [0.2, 0.25) is 0 Å². The molecule has 0 fully saturated rings. The van der Waals surface area contributed by atoms with Crippen molar-refractivity contribution in [2.75, 3.05) is 28.2 Å². The number of rotatable bonds is 4. The van der Waals surface area contributed by atoms with Crippen molar-refractivity contribution in [3.63, 3.8) is 0 Å². The van der Waals surface area contributed by atoms with E-state index in [0.29, 0.717) is 12.3 Å². The zero-order chi connectivity index (χ0) is 9.98. The second-order valence-electron chi connectivity index (χ2n) is 2.60. The molecule has 0 aliphatic heterocycles. The van der Waals surface area contributed by atoms with Gasteiger partial charge in [-0.05, 0) is 42.0 Å². The van der Waals surface area contributed by atoms with E-state index in [1.54, 1.807) is 0 Å². The van der Waals surface area contributed by atoms with Gasteiger partial charge in [0.25, 0.3) is 0 Å². The third-order valence-corrected chi connectivity index (χ3v) is 1.73. The third-order valence-electron chi connectivity index (χ3n) is 1.73. The molecule has 0 bridgehead atoms. The first-order chi connectivity index (χ1) is 5.62. The Balaban J connectivity index is 0. The van der Waals surface area contributed by atoms with Gasteiger partial charge in [-0.1, -0.05) is 0 Å². The van der Waals surface area contributed by atoms with Gasteiger partial charge in [0.1, 0.15) is 0 Å². The summed E-state index contributed by atoms with van der Waals surface area (Å²) in [7, 11) is 7.67. The summed E-state index contributed by atoms with van der Waals surface area (Å²) in [6.45, 7) is 4.11. The highest BCUT2D eigenvalue weighted by Gasteiger charge is 1.84. The number of hydrogen-bond acceptors (Lipinski definition) is 4. The van der Waals surface area contributed by atoms with Crippen LogP contribution in [0.4, 0.5) is 0 Å². The molecule has 0 rings (SSSR count). The summed E-state index contributed by atoms with van der Waals surface area (Å²) < 4.78 is 0. The number of nitrogens with one attached hydrogen (secondary N) is 4. The molecule has 0 unspecified atom stereocenters. The van der Waals surface area contributed by atoms with Crippen molar-refractivity contribution >= 4 is 0 Å². The molecule has 0 aromatic carbocycles. The van der Waals surface area contributed by atoms with Crippen LogP contribution < -0.4 is 21.3 Å². The first-order valence-corrected chi connectivity index (χ1v) is 4.31. The van der Waals surface area contributed by atoms with Crippen LogP contribution in [0.2, 0.25) is 0 Å². The molecule has 4 heteroatoms. The van der Waals surface area contributed by atoms with Crippen molar-refractivity contribution in [1.29, 1.82) is 0 Å². The lowest BCUT2D eigenvalue weighted by Gasteiger charge is -2.05. The SMILES string of the molecule is CNC(C)NC.CNC(C)NC. The molecule has 0 aliphatic carbocycles. The maximum absolute atomic E-state index is 3.00. The molecule has 0 saturated heterocycles. The van der Waals surface area contributed by atoms with Gasteiger partial charge in [0.05, 0.1) is 12.3 Å². The molecule has 0 aliphatic rings. The minimum absolute atomic E-state index is 0.435. The van der Waals surface area contributed by atoms with Gasteiger partial charge in [-0.25, -0.2) is 0 Å². The van der Waals surface area contributed by atoms with Crippen molar-refractivity contribution < 1.29 is 0 Å². The molecule has 0 heterocycles. The third kappa shape index (κ3) is 12.5. The Hall–Kier alpha value is -0.160. The molecule has 0 aromatic rings. The van der Waals surface area contributed by atoms with Gasteiger partial charge >= 0.3 is 0 Å². The Kier molecular flexibility index (Phi) is 13.0. The Labute approximate surface area is 76.5 Å². The summed E-state index contributed by atoms with van der Waals surface area (Å²) >= 11 is 0. The minimum atomic E-state index is 0.435. The van der Waals surface area contributed by atoms with Gasteiger partial charge in [-0.2, -0.15) is 0 Å². The highest BCUT2D eigenvalue weighted by molar-refractivity contribution is 4.45. The van der Waals surface area contributed by atoms with Crippen LogP contribution in [-0.2, 0) is 0 Å². The van der Waals surface area contributed by atoms with Crippen LogP contribution in [0.25, 0.3) is 0 Å². The van der Waals surface area contributed by atoms with Crippen LogP contribution in [0.1, 0.15) is 13.8 Å². The molecule has 12 heavy (non-hydrogen) atoms. The fraction of sp³-hybridized carbons (Fsp3) is 1.00. The largest absolute Gasteiger partial charge is 0.305 e. The Morgan fingerprint density at radius 2 is 0.750 bits per heavy atom. The van der Waals surface area contributed by atoms with Crippen molar-refractivity contribution in [2.45, 2.75) is 26.2 Å². The fourth-order valence-electron chi connectivity index (χ4n) is 0.289. The van der Waals surface area contributed by atoms with E-state index in [4.69, 9.17) is 0 Å². The summed E-state index contributed by atoms with van der Waals surface area (Å²) in [6, 6.07) is 0. The standard InChI is InChI=1S/2C4H12N2/c2*1-4(5-2)6-3/h2*4-6H,1-3H3. The molecule has 0 atom stereocenters. The topological polar surface area (TPSA) is 48.1 Å². The Morgan fingerprint density at radius 3 is 0.750 bits per heavy atom. The minimum Gasteiger partial charge on any atom is -0.305 e. The molecular formula is C8H24N4. The molecule has 0 spiro atoms. The van der Waals surface area contributed by atoms with Gasteiger partial charge in [-0.3, -0.25) is 0 Å². The highest BCUT2D eigenvalue weighted by atomic mass is 15.1. The predicted octanol–water partition coefficient (Wildman–Crippen LogP) is -0.458. The van der Waals surface area contributed by atoms with Crippen LogP contribution in [0, 0.1) is 0 Å². The lowest BCUT2D eigenvalue weighted by atomic mass is 10.6. The van der Waals surface area contributed by atoms with E-state index in [9.17, 15) is 0 Å². The smallest absolute Gasteiger partial charge is 0.0537 e. The Morgan fingerprint density at radius 1 is 0.583 bits per heavy atom. The van der Waals surface area contributed by atoms with Crippen LogP contribution in [0.15, 0.2) is 0 Å². The van der Waals surface area contributed by atoms with Crippen molar-refractivity contribution in [1.82, 2.24) is 21.3 Å². The van der Waals surface area contributed by atoms with E-state index in [1.807, 2.05) is 28.2 Å². The lowest BCUT2D eigenvalue weighted by Crippen LogP contribution is -2.34. The average molecular weight is 176 g/mol. The van der Waals surface area contributed by atoms with Crippen LogP contribution >= 0.6 is 0 Å². The van der Waals surface area contributed by atoms with Gasteiger partial charge in [0, 0.05) is 0 Å². The van der Waals surface area contributed by atoms with Gasteiger partial charge < -0.3 is 21.3 Å². The highest BCUT2D eigenvalue weighted by Crippen LogP contribution is 1.62. The summed E-state index contributed by atoms with van der Waals surface area (Å²) in [5, 5.41) is 12.0. The second-order valence-corrected chi connectivity index (χ2v) is 2.60.